The van der Waals surface area contributed by atoms with Crippen molar-refractivity contribution in [3.05, 3.63) is 5.82 Å². The molecule has 0 amide bonds. The van der Waals surface area contributed by atoms with Crippen molar-refractivity contribution < 1.29 is 5.11 Å². The maximum absolute atomic E-state index is 8.79. The number of hydrogen-bond donors (Lipinski definition) is 1. The molecular formula is C9H16N4OS. The Balaban J connectivity index is 1.84. The second-order valence-electron chi connectivity index (χ2n) is 3.90. The largest absolute Gasteiger partial charge is 0.396 e. The zero-order chi connectivity index (χ0) is 10.7. The van der Waals surface area contributed by atoms with Gasteiger partial charge in [0, 0.05) is 11.9 Å². The van der Waals surface area contributed by atoms with Crippen LogP contribution in [-0.4, -0.2) is 37.2 Å². The van der Waals surface area contributed by atoms with Gasteiger partial charge in [0.1, 0.15) is 0 Å². The van der Waals surface area contributed by atoms with Crippen LogP contribution in [0.25, 0.3) is 0 Å². The molecule has 2 rings (SSSR count). The number of aromatic nitrogens is 4. The van der Waals surface area contributed by atoms with Crippen LogP contribution >= 0.6 is 11.8 Å². The molecule has 1 atom stereocenters. The Hall–Kier alpha value is -0.620. The quantitative estimate of drug-likeness (QED) is 0.787. The summed E-state index contributed by atoms with van der Waals surface area (Å²) in [5.74, 6) is 1.80. The predicted molar refractivity (Wildman–Crippen MR) is 58.5 cm³/mol. The minimum Gasteiger partial charge on any atom is -0.396 e. The lowest BCUT2D eigenvalue weighted by atomic mass is 10.3. The maximum Gasteiger partial charge on any atom is 0.161 e. The Morgan fingerprint density at radius 3 is 3.07 bits per heavy atom. The minimum absolute atomic E-state index is 0.252. The van der Waals surface area contributed by atoms with Crippen molar-refractivity contribution in [3.63, 3.8) is 0 Å². The normalized spacial score (nSPS) is 18.0. The molecule has 1 heterocycles. The summed E-state index contributed by atoms with van der Waals surface area (Å²) in [4.78, 5) is 0. The van der Waals surface area contributed by atoms with Crippen molar-refractivity contribution in [2.24, 2.45) is 0 Å². The average molecular weight is 228 g/mol. The third kappa shape index (κ3) is 2.92. The number of aliphatic hydroxyl groups is 1. The molecule has 0 saturated heterocycles. The van der Waals surface area contributed by atoms with Crippen LogP contribution in [0.3, 0.4) is 0 Å². The topological polar surface area (TPSA) is 63.8 Å². The van der Waals surface area contributed by atoms with Crippen molar-refractivity contribution in [2.45, 2.75) is 43.2 Å². The lowest BCUT2D eigenvalue weighted by Crippen LogP contribution is -2.05. The zero-order valence-electron chi connectivity index (χ0n) is 8.83. The first-order chi connectivity index (χ1) is 7.31. The van der Waals surface area contributed by atoms with Crippen molar-refractivity contribution >= 4 is 11.8 Å². The molecule has 15 heavy (non-hydrogen) atoms. The molecule has 0 radical (unpaired) electrons. The Bertz CT molecular complexity index is 313. The summed E-state index contributed by atoms with van der Waals surface area (Å²) >= 11 is 1.79. The lowest BCUT2D eigenvalue weighted by Gasteiger charge is -2.08. The van der Waals surface area contributed by atoms with Crippen molar-refractivity contribution in [1.29, 1.82) is 0 Å². The molecule has 1 saturated carbocycles. The lowest BCUT2D eigenvalue weighted by molar-refractivity contribution is 0.289. The van der Waals surface area contributed by atoms with E-state index in [4.69, 9.17) is 5.11 Å². The Kier molecular flexibility index (Phi) is 3.58. The van der Waals surface area contributed by atoms with E-state index in [1.165, 1.54) is 12.8 Å². The third-order valence-electron chi connectivity index (χ3n) is 2.49. The van der Waals surface area contributed by atoms with Crippen LogP contribution in [0.15, 0.2) is 0 Å². The molecule has 1 N–H and O–H groups in total. The molecule has 84 valence electrons. The Labute approximate surface area is 93.2 Å². The van der Waals surface area contributed by atoms with Gasteiger partial charge in [0.05, 0.1) is 11.8 Å². The number of nitrogens with zero attached hydrogens (tertiary/aromatic N) is 4. The van der Waals surface area contributed by atoms with Crippen LogP contribution in [0.4, 0.5) is 0 Å². The van der Waals surface area contributed by atoms with E-state index in [0.717, 1.165) is 18.0 Å². The predicted octanol–water partition coefficient (Wildman–Crippen LogP) is 1.01. The van der Waals surface area contributed by atoms with Crippen LogP contribution in [0, 0.1) is 0 Å². The smallest absolute Gasteiger partial charge is 0.161 e. The highest BCUT2D eigenvalue weighted by molar-refractivity contribution is 7.99. The van der Waals surface area contributed by atoms with E-state index in [1.807, 2.05) is 4.68 Å². The summed E-state index contributed by atoms with van der Waals surface area (Å²) in [7, 11) is 0. The monoisotopic (exact) mass is 228 g/mol. The number of rotatable bonds is 6. The van der Waals surface area contributed by atoms with E-state index in [-0.39, 0.29) is 6.61 Å². The molecule has 1 aliphatic rings. The highest BCUT2D eigenvalue weighted by atomic mass is 32.2. The van der Waals surface area contributed by atoms with Gasteiger partial charge in [-0.05, 0) is 29.7 Å². The van der Waals surface area contributed by atoms with Crippen LogP contribution in [0.2, 0.25) is 0 Å². The van der Waals surface area contributed by atoms with E-state index in [9.17, 15) is 0 Å². The molecule has 6 heteroatoms. The molecule has 5 nitrogen and oxygen atoms in total. The summed E-state index contributed by atoms with van der Waals surface area (Å²) in [6.07, 6.45) is 3.24. The van der Waals surface area contributed by atoms with Crippen molar-refractivity contribution in [2.75, 3.05) is 6.61 Å². The Morgan fingerprint density at radius 1 is 1.60 bits per heavy atom. The summed E-state index contributed by atoms with van der Waals surface area (Å²) < 4.78 is 1.94. The molecule has 1 aromatic rings. The van der Waals surface area contributed by atoms with Gasteiger partial charge in [-0.1, -0.05) is 6.92 Å². The first-order valence-electron chi connectivity index (χ1n) is 5.30. The van der Waals surface area contributed by atoms with Crippen LogP contribution in [-0.2, 0) is 5.75 Å². The first kappa shape index (κ1) is 10.9. The molecule has 0 aromatic carbocycles. The van der Waals surface area contributed by atoms with Crippen molar-refractivity contribution in [3.8, 4) is 0 Å². The van der Waals surface area contributed by atoms with Gasteiger partial charge in [-0.25, -0.2) is 4.68 Å². The fraction of sp³-hybridized carbons (Fsp3) is 0.889. The van der Waals surface area contributed by atoms with E-state index in [2.05, 4.69) is 22.4 Å². The second kappa shape index (κ2) is 4.94. The zero-order valence-corrected chi connectivity index (χ0v) is 9.65. The molecule has 0 spiro atoms. The summed E-state index contributed by atoms with van der Waals surface area (Å²) in [6, 6.07) is 0.545. The van der Waals surface area contributed by atoms with E-state index < -0.39 is 0 Å². The van der Waals surface area contributed by atoms with Gasteiger partial charge >= 0.3 is 0 Å². The second-order valence-corrected chi connectivity index (χ2v) is 5.33. The van der Waals surface area contributed by atoms with Gasteiger partial charge in [-0.3, -0.25) is 0 Å². The highest BCUT2D eigenvalue weighted by Gasteiger charge is 2.27. The molecule has 1 aromatic heterocycles. The summed E-state index contributed by atoms with van der Waals surface area (Å²) in [6.45, 7) is 2.37. The summed E-state index contributed by atoms with van der Waals surface area (Å²) in [5.41, 5.74) is 0. The maximum atomic E-state index is 8.79. The number of aliphatic hydroxyl groups excluding tert-OH is 1. The molecular weight excluding hydrogens is 212 g/mol. The molecule has 1 aliphatic carbocycles. The van der Waals surface area contributed by atoms with Gasteiger partial charge in [0.25, 0.3) is 0 Å². The van der Waals surface area contributed by atoms with E-state index in [1.54, 1.807) is 11.8 Å². The number of tetrazole rings is 1. The molecule has 0 bridgehead atoms. The van der Waals surface area contributed by atoms with Gasteiger partial charge < -0.3 is 5.11 Å². The van der Waals surface area contributed by atoms with E-state index in [0.29, 0.717) is 11.3 Å². The molecule has 1 fully saturated rings. The van der Waals surface area contributed by atoms with Crippen LogP contribution in [0.5, 0.6) is 0 Å². The van der Waals surface area contributed by atoms with Gasteiger partial charge in [-0.2, -0.15) is 11.8 Å². The molecule has 1 unspecified atom stereocenters. The fourth-order valence-corrected chi connectivity index (χ4v) is 2.29. The van der Waals surface area contributed by atoms with E-state index >= 15 is 0 Å². The highest BCUT2D eigenvalue weighted by Crippen LogP contribution is 2.35. The SMILES string of the molecule is CC(CCO)SCc1nnnn1C1CC1. The molecule has 0 aliphatic heterocycles. The third-order valence-corrected chi connectivity index (χ3v) is 3.72. The number of hydrogen-bond acceptors (Lipinski definition) is 5. The Morgan fingerprint density at radius 2 is 2.40 bits per heavy atom. The summed E-state index contributed by atoms with van der Waals surface area (Å²) in [5, 5.41) is 21.0. The standard InChI is InChI=1S/C9H16N4OS/c1-7(4-5-14)15-6-9-10-11-12-13(9)8-2-3-8/h7-8,14H,2-6H2,1H3. The first-order valence-corrected chi connectivity index (χ1v) is 6.35. The van der Waals surface area contributed by atoms with Gasteiger partial charge in [0.15, 0.2) is 5.82 Å². The number of thioether (sulfide) groups is 1. The van der Waals surface area contributed by atoms with Crippen LogP contribution in [0.1, 0.15) is 38.1 Å². The van der Waals surface area contributed by atoms with Crippen LogP contribution < -0.4 is 0 Å². The van der Waals surface area contributed by atoms with Gasteiger partial charge in [0.2, 0.25) is 0 Å². The van der Waals surface area contributed by atoms with Crippen molar-refractivity contribution in [1.82, 2.24) is 20.2 Å². The minimum atomic E-state index is 0.252. The fourth-order valence-electron chi connectivity index (χ4n) is 1.39. The van der Waals surface area contributed by atoms with Gasteiger partial charge in [-0.15, -0.1) is 5.10 Å². The average Bonchev–Trinajstić information content (AvgIpc) is 2.96.